The zero-order valence-corrected chi connectivity index (χ0v) is 11.5. The highest BCUT2D eigenvalue weighted by molar-refractivity contribution is 6.29. The number of aromatic amines is 1. The van der Waals surface area contributed by atoms with Gasteiger partial charge in [0.05, 0.1) is 0 Å². The Morgan fingerprint density at radius 2 is 2.35 bits per heavy atom. The van der Waals surface area contributed by atoms with Crippen LogP contribution in [0.4, 0.5) is 5.82 Å². The normalized spacial score (nSPS) is 14.2. The summed E-state index contributed by atoms with van der Waals surface area (Å²) in [7, 11) is 0. The number of imidazole rings is 1. The Hall–Kier alpha value is -2.09. The van der Waals surface area contributed by atoms with Crippen molar-refractivity contribution in [3.8, 4) is 0 Å². The average Bonchev–Trinajstić information content (AvgIpc) is 2.82. The smallest absolute Gasteiger partial charge is 0.334 e. The van der Waals surface area contributed by atoms with Crippen molar-refractivity contribution in [2.75, 3.05) is 18.1 Å². The van der Waals surface area contributed by atoms with Gasteiger partial charge in [-0.1, -0.05) is 13.3 Å². The maximum atomic E-state index is 12.1. The molecule has 8 nitrogen and oxygen atoms in total. The van der Waals surface area contributed by atoms with Crippen LogP contribution < -0.4 is 4.90 Å². The molecule has 0 aliphatic carbocycles. The van der Waals surface area contributed by atoms with E-state index in [1.165, 1.54) is 0 Å². The first kappa shape index (κ1) is 14.3. The Bertz CT molecular complexity index is 545. The highest BCUT2D eigenvalue weighted by atomic mass is 35.5. The third-order valence-corrected chi connectivity index (χ3v) is 2.95. The Kier molecular flexibility index (Phi) is 4.23. The van der Waals surface area contributed by atoms with E-state index < -0.39 is 11.9 Å². The predicted octanol–water partition coefficient (Wildman–Crippen LogP) is 0.740. The van der Waals surface area contributed by atoms with Crippen LogP contribution in [0.1, 0.15) is 30.3 Å². The largest absolute Gasteiger partial charge is 0.395 e. The van der Waals surface area contributed by atoms with Gasteiger partial charge in [0, 0.05) is 6.54 Å². The lowest BCUT2D eigenvalue weighted by Gasteiger charge is -2.33. The molecule has 1 N–H and O–H groups in total. The van der Waals surface area contributed by atoms with Gasteiger partial charge in [-0.25, -0.2) is 4.79 Å². The van der Waals surface area contributed by atoms with E-state index in [1.807, 2.05) is 6.92 Å². The van der Waals surface area contributed by atoms with E-state index >= 15 is 0 Å². The van der Waals surface area contributed by atoms with Crippen molar-refractivity contribution in [3.05, 3.63) is 11.0 Å². The predicted molar refractivity (Wildman–Crippen MR) is 69.0 cm³/mol. The molecule has 0 unspecified atom stereocenters. The standard InChI is InChI=1S/C11H13ClN4O4/c1-2-3-4-15-6-16(20-7(18)5-17)10(19)8-9(15)14-11(12)13-8/h5H,2-4,6H2,1H3,(H,13,14). The molecule has 2 heterocycles. The summed E-state index contributed by atoms with van der Waals surface area (Å²) in [6, 6.07) is 0. The monoisotopic (exact) mass is 300 g/mol. The number of fused-ring (bicyclic) bond motifs is 1. The molecular weight excluding hydrogens is 288 g/mol. The number of amides is 1. The summed E-state index contributed by atoms with van der Waals surface area (Å²) in [6.07, 6.45) is 1.82. The summed E-state index contributed by atoms with van der Waals surface area (Å²) in [5.41, 5.74) is 0.135. The van der Waals surface area contributed by atoms with Crippen molar-refractivity contribution in [1.29, 1.82) is 0 Å². The van der Waals surface area contributed by atoms with Crippen molar-refractivity contribution < 1.29 is 19.2 Å². The van der Waals surface area contributed by atoms with Crippen LogP contribution in [0.3, 0.4) is 0 Å². The van der Waals surface area contributed by atoms with E-state index in [4.69, 9.17) is 11.6 Å². The van der Waals surface area contributed by atoms with Crippen LogP contribution in [0.5, 0.6) is 0 Å². The summed E-state index contributed by atoms with van der Waals surface area (Å²) >= 11 is 5.77. The van der Waals surface area contributed by atoms with E-state index in [9.17, 15) is 14.4 Å². The lowest BCUT2D eigenvalue weighted by atomic mass is 10.2. The lowest BCUT2D eigenvalue weighted by molar-refractivity contribution is -0.178. The van der Waals surface area contributed by atoms with E-state index in [0.717, 1.165) is 17.9 Å². The number of unbranched alkanes of at least 4 members (excludes halogenated alkanes) is 1. The summed E-state index contributed by atoms with van der Waals surface area (Å²) in [4.78, 5) is 46.5. The highest BCUT2D eigenvalue weighted by Gasteiger charge is 2.34. The number of halogens is 1. The summed E-state index contributed by atoms with van der Waals surface area (Å²) in [5.74, 6) is -1.31. The minimum absolute atomic E-state index is 0.000877. The average molecular weight is 301 g/mol. The van der Waals surface area contributed by atoms with Gasteiger partial charge in [-0.05, 0) is 18.0 Å². The SMILES string of the molecule is CCCCN1CN(OC(=O)C=O)C(=O)c2[nH]c(Cl)nc21. The number of rotatable bonds is 5. The lowest BCUT2D eigenvalue weighted by Crippen LogP contribution is -2.48. The summed E-state index contributed by atoms with van der Waals surface area (Å²) < 4.78 is 0. The number of hydroxylamine groups is 2. The molecule has 1 aromatic heterocycles. The van der Waals surface area contributed by atoms with Gasteiger partial charge < -0.3 is 14.7 Å². The number of carbonyl (C=O) groups excluding carboxylic acids is 3. The third-order valence-electron chi connectivity index (χ3n) is 2.77. The molecule has 0 saturated carbocycles. The van der Waals surface area contributed by atoms with Crippen LogP contribution >= 0.6 is 11.6 Å². The highest BCUT2D eigenvalue weighted by Crippen LogP contribution is 2.27. The van der Waals surface area contributed by atoms with Gasteiger partial charge in [-0.3, -0.25) is 9.59 Å². The maximum Gasteiger partial charge on any atom is 0.395 e. The number of carbonyl (C=O) groups is 3. The Balaban J connectivity index is 2.26. The number of aromatic nitrogens is 2. The second-order valence-corrected chi connectivity index (χ2v) is 4.55. The number of nitrogens with zero attached hydrogens (tertiary/aromatic N) is 3. The van der Waals surface area contributed by atoms with Gasteiger partial charge in [0.1, 0.15) is 6.67 Å². The van der Waals surface area contributed by atoms with E-state index in [1.54, 1.807) is 4.90 Å². The van der Waals surface area contributed by atoms with Crippen LogP contribution in [-0.4, -0.2) is 46.4 Å². The number of aldehydes is 1. The molecule has 2 rings (SSSR count). The molecular formula is C11H13ClN4O4. The minimum atomic E-state index is -1.14. The van der Waals surface area contributed by atoms with Crippen molar-refractivity contribution in [2.24, 2.45) is 0 Å². The van der Waals surface area contributed by atoms with Crippen molar-refractivity contribution in [2.45, 2.75) is 19.8 Å². The molecule has 0 saturated heterocycles. The first-order valence-corrected chi connectivity index (χ1v) is 6.44. The Morgan fingerprint density at radius 1 is 1.60 bits per heavy atom. The topological polar surface area (TPSA) is 95.6 Å². The molecule has 0 aromatic carbocycles. The van der Waals surface area contributed by atoms with Crippen molar-refractivity contribution >= 4 is 35.6 Å². The quantitative estimate of drug-likeness (QED) is 0.636. The fourth-order valence-corrected chi connectivity index (χ4v) is 2.03. The molecule has 1 amide bonds. The van der Waals surface area contributed by atoms with Crippen molar-refractivity contribution in [3.63, 3.8) is 0 Å². The fraction of sp³-hybridized carbons (Fsp3) is 0.455. The Labute approximate surface area is 119 Å². The number of nitrogens with one attached hydrogen (secondary N) is 1. The summed E-state index contributed by atoms with van der Waals surface area (Å²) in [6.45, 7) is 2.65. The number of hydrogen-bond acceptors (Lipinski definition) is 6. The Morgan fingerprint density at radius 3 is 3.00 bits per heavy atom. The second-order valence-electron chi connectivity index (χ2n) is 4.20. The van der Waals surface area contributed by atoms with Gasteiger partial charge >= 0.3 is 11.9 Å². The molecule has 0 fully saturated rings. The molecule has 0 atom stereocenters. The number of anilines is 1. The first-order valence-electron chi connectivity index (χ1n) is 6.06. The molecule has 20 heavy (non-hydrogen) atoms. The van der Waals surface area contributed by atoms with Gasteiger partial charge in [-0.15, -0.1) is 5.06 Å². The van der Waals surface area contributed by atoms with Crippen LogP contribution in [0.15, 0.2) is 0 Å². The molecule has 1 aliphatic rings. The van der Waals surface area contributed by atoms with Crippen molar-refractivity contribution in [1.82, 2.24) is 15.0 Å². The van der Waals surface area contributed by atoms with Gasteiger partial charge in [-0.2, -0.15) is 4.98 Å². The second kappa shape index (κ2) is 5.91. The maximum absolute atomic E-state index is 12.1. The molecule has 0 spiro atoms. The van der Waals surface area contributed by atoms with Crippen LogP contribution in [0, 0.1) is 0 Å². The van der Waals surface area contributed by atoms with E-state index in [-0.39, 0.29) is 23.9 Å². The molecule has 108 valence electrons. The first-order chi connectivity index (χ1) is 9.56. The minimum Gasteiger partial charge on any atom is -0.334 e. The zero-order chi connectivity index (χ0) is 14.7. The molecule has 0 radical (unpaired) electrons. The zero-order valence-electron chi connectivity index (χ0n) is 10.8. The van der Waals surface area contributed by atoms with Gasteiger partial charge in [0.2, 0.25) is 11.6 Å². The van der Waals surface area contributed by atoms with Crippen LogP contribution in [0.25, 0.3) is 0 Å². The van der Waals surface area contributed by atoms with Crippen LogP contribution in [0.2, 0.25) is 5.28 Å². The van der Waals surface area contributed by atoms with Crippen LogP contribution in [-0.2, 0) is 14.4 Å². The molecule has 0 bridgehead atoms. The molecule has 9 heteroatoms. The van der Waals surface area contributed by atoms with Gasteiger partial charge in [0.25, 0.3) is 0 Å². The third kappa shape index (κ3) is 2.74. The molecule has 1 aliphatic heterocycles. The van der Waals surface area contributed by atoms with E-state index in [0.29, 0.717) is 12.4 Å². The fourth-order valence-electron chi connectivity index (χ4n) is 1.85. The number of H-pyrrole nitrogens is 1. The van der Waals surface area contributed by atoms with E-state index in [2.05, 4.69) is 14.8 Å². The van der Waals surface area contributed by atoms with Gasteiger partial charge in [0.15, 0.2) is 11.5 Å². The summed E-state index contributed by atoms with van der Waals surface area (Å²) in [5, 5.41) is 0.886. The molecule has 1 aromatic rings. The number of hydrogen-bond donors (Lipinski definition) is 1.